The zero-order valence-electron chi connectivity index (χ0n) is 16.4. The van der Waals surface area contributed by atoms with E-state index in [4.69, 9.17) is 22.8 Å². The van der Waals surface area contributed by atoms with Crippen LogP contribution in [0.5, 0.6) is 5.75 Å². The van der Waals surface area contributed by atoms with Crippen molar-refractivity contribution in [1.82, 2.24) is 0 Å². The van der Waals surface area contributed by atoms with Crippen LogP contribution in [0.4, 0.5) is 0 Å². The molecule has 0 spiro atoms. The highest BCUT2D eigenvalue weighted by Gasteiger charge is 2.39. The van der Waals surface area contributed by atoms with Crippen molar-refractivity contribution in [3.05, 3.63) is 29.3 Å². The van der Waals surface area contributed by atoms with Gasteiger partial charge in [0.15, 0.2) is 0 Å². The maximum absolute atomic E-state index is 6.21. The minimum Gasteiger partial charge on any atom is -0.462 e. The SMILES string of the molecule is CCCC(C)C1(C)OCc2cc(CC[Si](OC)(OC)OC)ccc2O1. The largest absolute Gasteiger partial charge is 0.500 e. The van der Waals surface area contributed by atoms with Crippen LogP contribution >= 0.6 is 0 Å². The molecule has 5 nitrogen and oxygen atoms in total. The number of benzene rings is 1. The predicted octanol–water partition coefficient (Wildman–Crippen LogP) is 4.17. The van der Waals surface area contributed by atoms with Crippen LogP contribution in [0.25, 0.3) is 0 Å². The summed E-state index contributed by atoms with van der Waals surface area (Å²) in [7, 11) is 2.39. The van der Waals surface area contributed by atoms with E-state index in [1.54, 1.807) is 21.3 Å². The lowest BCUT2D eigenvalue weighted by Crippen LogP contribution is -2.44. The highest BCUT2D eigenvalue weighted by Crippen LogP contribution is 2.37. The van der Waals surface area contributed by atoms with E-state index in [1.807, 2.05) is 6.92 Å². The lowest BCUT2D eigenvalue weighted by atomic mass is 9.95. The van der Waals surface area contributed by atoms with E-state index in [9.17, 15) is 0 Å². The third-order valence-corrected chi connectivity index (χ3v) is 7.95. The quantitative estimate of drug-likeness (QED) is 0.612. The molecule has 0 saturated carbocycles. The van der Waals surface area contributed by atoms with Crippen LogP contribution < -0.4 is 4.74 Å². The first-order valence-corrected chi connectivity index (χ1v) is 11.0. The Labute approximate surface area is 152 Å². The Morgan fingerprint density at radius 3 is 2.48 bits per heavy atom. The van der Waals surface area contributed by atoms with Crippen molar-refractivity contribution >= 4 is 8.80 Å². The molecule has 25 heavy (non-hydrogen) atoms. The second kappa shape index (κ2) is 8.64. The predicted molar refractivity (Wildman–Crippen MR) is 99.6 cm³/mol. The molecule has 0 radical (unpaired) electrons. The second-order valence-electron chi connectivity index (χ2n) is 6.83. The molecule has 6 heteroatoms. The van der Waals surface area contributed by atoms with Crippen LogP contribution in [-0.4, -0.2) is 35.9 Å². The van der Waals surface area contributed by atoms with Crippen molar-refractivity contribution in [3.63, 3.8) is 0 Å². The topological polar surface area (TPSA) is 46.2 Å². The van der Waals surface area contributed by atoms with E-state index in [-0.39, 0.29) is 0 Å². The molecule has 0 amide bonds. The van der Waals surface area contributed by atoms with Crippen molar-refractivity contribution < 1.29 is 22.8 Å². The maximum Gasteiger partial charge on any atom is 0.500 e. The van der Waals surface area contributed by atoms with E-state index in [2.05, 4.69) is 32.0 Å². The third kappa shape index (κ3) is 4.63. The van der Waals surface area contributed by atoms with Crippen LogP contribution in [0.15, 0.2) is 18.2 Å². The lowest BCUT2D eigenvalue weighted by Gasteiger charge is -2.40. The van der Waals surface area contributed by atoms with Crippen LogP contribution in [0.2, 0.25) is 6.04 Å². The monoisotopic (exact) mass is 368 g/mol. The fraction of sp³-hybridized carbons (Fsp3) is 0.684. The molecule has 2 atom stereocenters. The summed E-state index contributed by atoms with van der Waals surface area (Å²) >= 11 is 0. The molecule has 142 valence electrons. The van der Waals surface area contributed by atoms with Gasteiger partial charge < -0.3 is 22.8 Å². The summed E-state index contributed by atoms with van der Waals surface area (Å²) in [6.45, 7) is 6.99. The zero-order chi connectivity index (χ0) is 18.5. The van der Waals surface area contributed by atoms with Crippen molar-refractivity contribution in [2.45, 2.75) is 58.5 Å². The molecule has 1 aromatic carbocycles. The van der Waals surface area contributed by atoms with Crippen molar-refractivity contribution in [2.24, 2.45) is 5.92 Å². The van der Waals surface area contributed by atoms with Gasteiger partial charge >= 0.3 is 8.80 Å². The van der Waals surface area contributed by atoms with E-state index >= 15 is 0 Å². The summed E-state index contributed by atoms with van der Waals surface area (Å²) < 4.78 is 28.8. The van der Waals surface area contributed by atoms with Gasteiger partial charge in [0, 0.05) is 45.8 Å². The van der Waals surface area contributed by atoms with Crippen LogP contribution in [0.3, 0.4) is 0 Å². The van der Waals surface area contributed by atoms with Gasteiger partial charge in [0.25, 0.3) is 0 Å². The molecule has 0 bridgehead atoms. The van der Waals surface area contributed by atoms with Crippen LogP contribution in [0, 0.1) is 5.92 Å². The number of rotatable bonds is 9. The smallest absolute Gasteiger partial charge is 0.462 e. The van der Waals surface area contributed by atoms with Gasteiger partial charge in [-0.1, -0.05) is 26.3 Å². The normalized spacial score (nSPS) is 21.5. The third-order valence-electron chi connectivity index (χ3n) is 5.22. The Morgan fingerprint density at radius 1 is 1.20 bits per heavy atom. The Morgan fingerprint density at radius 2 is 1.88 bits per heavy atom. The Hall–Kier alpha value is -0.923. The van der Waals surface area contributed by atoms with Gasteiger partial charge in [-0.25, -0.2) is 0 Å². The molecule has 0 N–H and O–H groups in total. The molecule has 1 aromatic rings. The number of aryl methyl sites for hydroxylation is 1. The first kappa shape index (κ1) is 20.4. The minimum atomic E-state index is -2.55. The maximum atomic E-state index is 6.21. The molecule has 1 heterocycles. The van der Waals surface area contributed by atoms with E-state index in [0.717, 1.165) is 36.6 Å². The molecule has 0 saturated heterocycles. The highest BCUT2D eigenvalue weighted by atomic mass is 28.4. The van der Waals surface area contributed by atoms with Gasteiger partial charge in [-0.3, -0.25) is 0 Å². The molecular formula is C19H32O5Si. The standard InChI is InChI=1S/C19H32O5Si/c1-7-8-15(2)19(3)23-14-17-13-16(9-10-18(17)24-19)11-12-25(20-4,21-5)22-6/h9-10,13,15H,7-8,11-12,14H2,1-6H3. The highest BCUT2D eigenvalue weighted by molar-refractivity contribution is 6.60. The first-order valence-electron chi connectivity index (χ1n) is 9.02. The average molecular weight is 369 g/mol. The molecule has 2 unspecified atom stereocenters. The molecule has 0 aliphatic carbocycles. The van der Waals surface area contributed by atoms with Gasteiger partial charge in [-0.15, -0.1) is 0 Å². The summed E-state index contributed by atoms with van der Waals surface area (Å²) in [5.74, 6) is 0.727. The summed E-state index contributed by atoms with van der Waals surface area (Å²) in [5, 5.41) is 0. The fourth-order valence-corrected chi connectivity index (χ4v) is 4.97. The van der Waals surface area contributed by atoms with E-state index < -0.39 is 14.6 Å². The van der Waals surface area contributed by atoms with E-state index in [1.165, 1.54) is 5.56 Å². The van der Waals surface area contributed by atoms with Gasteiger partial charge in [-0.2, -0.15) is 0 Å². The van der Waals surface area contributed by atoms with Gasteiger partial charge in [0.05, 0.1) is 6.61 Å². The molecule has 0 fully saturated rings. The number of hydrogen-bond acceptors (Lipinski definition) is 5. The summed E-state index contributed by atoms with van der Waals surface area (Å²) in [4.78, 5) is 0. The number of hydrogen-bond donors (Lipinski definition) is 0. The fourth-order valence-electron chi connectivity index (χ4n) is 3.26. The average Bonchev–Trinajstić information content (AvgIpc) is 2.63. The van der Waals surface area contributed by atoms with Gasteiger partial charge in [-0.05, 0) is 30.5 Å². The summed E-state index contributed by atoms with van der Waals surface area (Å²) in [5.41, 5.74) is 2.30. The Bertz CT molecular complexity index is 552. The number of fused-ring (bicyclic) bond motifs is 1. The van der Waals surface area contributed by atoms with Crippen LogP contribution in [0.1, 0.15) is 44.7 Å². The van der Waals surface area contributed by atoms with Crippen molar-refractivity contribution in [1.29, 1.82) is 0 Å². The Kier molecular flexibility index (Phi) is 7.05. The molecule has 1 aliphatic heterocycles. The van der Waals surface area contributed by atoms with Gasteiger partial charge in [0.2, 0.25) is 5.79 Å². The minimum absolute atomic E-state index is 0.349. The Balaban J connectivity index is 2.07. The number of ether oxygens (including phenoxy) is 2. The lowest BCUT2D eigenvalue weighted by molar-refractivity contribution is -0.223. The summed E-state index contributed by atoms with van der Waals surface area (Å²) in [6, 6.07) is 7.05. The molecule has 2 rings (SSSR count). The van der Waals surface area contributed by atoms with E-state index in [0.29, 0.717) is 12.5 Å². The summed E-state index contributed by atoms with van der Waals surface area (Å²) in [6.07, 6.45) is 3.04. The molecular weight excluding hydrogens is 336 g/mol. The molecule has 0 aromatic heterocycles. The van der Waals surface area contributed by atoms with Crippen molar-refractivity contribution in [2.75, 3.05) is 21.3 Å². The molecule has 1 aliphatic rings. The van der Waals surface area contributed by atoms with Gasteiger partial charge in [0.1, 0.15) is 5.75 Å². The first-order chi connectivity index (χ1) is 11.9. The van der Waals surface area contributed by atoms with Crippen molar-refractivity contribution in [3.8, 4) is 5.75 Å². The second-order valence-corrected chi connectivity index (χ2v) is 9.92. The van der Waals surface area contributed by atoms with Crippen LogP contribution in [-0.2, 0) is 31.0 Å². The zero-order valence-corrected chi connectivity index (χ0v) is 17.4.